The van der Waals surface area contributed by atoms with E-state index in [9.17, 15) is 4.39 Å². The highest BCUT2D eigenvalue weighted by Gasteiger charge is 2.26. The van der Waals surface area contributed by atoms with Crippen molar-refractivity contribution in [2.24, 2.45) is 4.99 Å². The van der Waals surface area contributed by atoms with Crippen molar-refractivity contribution in [2.75, 3.05) is 33.3 Å². The van der Waals surface area contributed by atoms with Gasteiger partial charge in [-0.15, -0.1) is 35.3 Å². The first-order valence-electron chi connectivity index (χ1n) is 9.62. The van der Waals surface area contributed by atoms with Crippen LogP contribution < -0.4 is 10.6 Å². The molecule has 0 bridgehead atoms. The molecule has 6 nitrogen and oxygen atoms in total. The number of rotatable bonds is 6. The molecule has 1 aromatic heterocycles. The molecular weight excluding hydrogens is 516 g/mol. The number of thiophene rings is 1. The van der Waals surface area contributed by atoms with Crippen LogP contribution in [0.2, 0.25) is 0 Å². The van der Waals surface area contributed by atoms with Crippen molar-refractivity contribution in [1.29, 1.82) is 5.26 Å². The summed E-state index contributed by atoms with van der Waals surface area (Å²) in [6, 6.07) is 10.8. The normalized spacial score (nSPS) is 18.2. The van der Waals surface area contributed by atoms with Crippen LogP contribution in [0.3, 0.4) is 0 Å². The van der Waals surface area contributed by atoms with Crippen LogP contribution in [0.15, 0.2) is 40.7 Å². The Kier molecular flexibility index (Phi) is 9.97. The highest BCUT2D eigenvalue weighted by molar-refractivity contribution is 14.0. The summed E-state index contributed by atoms with van der Waals surface area (Å²) >= 11 is 1.74. The molecule has 30 heavy (non-hydrogen) atoms. The van der Waals surface area contributed by atoms with Gasteiger partial charge in [-0.2, -0.15) is 5.26 Å². The molecule has 0 amide bonds. The Morgan fingerprint density at radius 2 is 2.27 bits per heavy atom. The number of hydrogen-bond acceptors (Lipinski definition) is 5. The lowest BCUT2D eigenvalue weighted by molar-refractivity contribution is -0.0334. The van der Waals surface area contributed by atoms with E-state index < -0.39 is 0 Å². The van der Waals surface area contributed by atoms with Crippen LogP contribution >= 0.6 is 35.3 Å². The largest absolute Gasteiger partial charge is 0.376 e. The number of hydrogen-bond donors (Lipinski definition) is 2. The quantitative estimate of drug-likeness (QED) is 0.332. The number of ether oxygens (including phenoxy) is 1. The molecule has 0 saturated carbocycles. The average Bonchev–Trinajstić information content (AvgIpc) is 3.26. The van der Waals surface area contributed by atoms with E-state index in [2.05, 4.69) is 45.0 Å². The maximum atomic E-state index is 14.0. The van der Waals surface area contributed by atoms with Crippen LogP contribution in [0.5, 0.6) is 0 Å². The molecule has 1 fully saturated rings. The summed E-state index contributed by atoms with van der Waals surface area (Å²) in [4.78, 5) is 7.97. The molecule has 0 radical (unpaired) electrons. The van der Waals surface area contributed by atoms with Gasteiger partial charge in [0, 0.05) is 43.7 Å². The van der Waals surface area contributed by atoms with Gasteiger partial charge in [0.25, 0.3) is 0 Å². The topological polar surface area (TPSA) is 72.7 Å². The maximum absolute atomic E-state index is 14.0. The van der Waals surface area contributed by atoms with Crippen LogP contribution in [0, 0.1) is 17.1 Å². The number of nitrogens with one attached hydrogen (secondary N) is 2. The Balaban J connectivity index is 0.00000320. The van der Waals surface area contributed by atoms with E-state index in [1.165, 1.54) is 17.0 Å². The highest BCUT2D eigenvalue weighted by atomic mass is 127. The minimum Gasteiger partial charge on any atom is -0.376 e. The zero-order valence-electron chi connectivity index (χ0n) is 17.1. The van der Waals surface area contributed by atoms with Crippen LogP contribution in [0.25, 0.3) is 0 Å². The summed E-state index contributed by atoms with van der Waals surface area (Å²) in [6.07, 6.45) is 0.207. The number of guanidine groups is 1. The molecule has 2 unspecified atom stereocenters. The van der Waals surface area contributed by atoms with E-state index in [1.54, 1.807) is 24.5 Å². The Labute approximate surface area is 198 Å². The van der Waals surface area contributed by atoms with Crippen molar-refractivity contribution in [3.05, 3.63) is 57.5 Å². The summed E-state index contributed by atoms with van der Waals surface area (Å²) in [7, 11) is 1.69. The second-order valence-electron chi connectivity index (χ2n) is 6.93. The molecule has 0 aliphatic carbocycles. The average molecular weight is 543 g/mol. The van der Waals surface area contributed by atoms with E-state index in [1.807, 2.05) is 6.07 Å². The fourth-order valence-electron chi connectivity index (χ4n) is 3.39. The van der Waals surface area contributed by atoms with Gasteiger partial charge in [0.15, 0.2) is 5.96 Å². The van der Waals surface area contributed by atoms with Crippen molar-refractivity contribution in [1.82, 2.24) is 15.5 Å². The predicted octanol–water partition coefficient (Wildman–Crippen LogP) is 3.50. The Bertz CT molecular complexity index is 871. The summed E-state index contributed by atoms with van der Waals surface area (Å²) in [5.41, 5.74) is 0.870. The second-order valence-corrected chi connectivity index (χ2v) is 7.91. The van der Waals surface area contributed by atoms with E-state index >= 15 is 0 Å². The van der Waals surface area contributed by atoms with Crippen molar-refractivity contribution >= 4 is 41.3 Å². The summed E-state index contributed by atoms with van der Waals surface area (Å²) < 4.78 is 19.7. The van der Waals surface area contributed by atoms with Gasteiger partial charge in [0.05, 0.1) is 30.4 Å². The summed E-state index contributed by atoms with van der Waals surface area (Å²) in [5, 5.41) is 17.6. The molecule has 1 saturated heterocycles. The van der Waals surface area contributed by atoms with Crippen molar-refractivity contribution in [3.8, 4) is 6.07 Å². The number of nitriles is 1. The molecule has 1 aliphatic rings. The molecule has 3 rings (SSSR count). The van der Waals surface area contributed by atoms with Crippen LogP contribution in [0.4, 0.5) is 4.39 Å². The van der Waals surface area contributed by atoms with Gasteiger partial charge in [0.2, 0.25) is 0 Å². The fraction of sp³-hybridized carbons (Fsp3) is 0.429. The van der Waals surface area contributed by atoms with Gasteiger partial charge in [-0.1, -0.05) is 6.07 Å². The van der Waals surface area contributed by atoms with Crippen molar-refractivity contribution in [2.45, 2.75) is 25.6 Å². The second kappa shape index (κ2) is 12.2. The molecule has 1 aliphatic heterocycles. The maximum Gasteiger partial charge on any atom is 0.191 e. The lowest BCUT2D eigenvalue weighted by Crippen LogP contribution is -2.48. The monoisotopic (exact) mass is 543 g/mol. The van der Waals surface area contributed by atoms with Crippen LogP contribution in [-0.4, -0.2) is 50.3 Å². The lowest BCUT2D eigenvalue weighted by atomic mass is 10.1. The van der Waals surface area contributed by atoms with Crippen molar-refractivity contribution < 1.29 is 9.13 Å². The van der Waals surface area contributed by atoms with Gasteiger partial charge >= 0.3 is 0 Å². The van der Waals surface area contributed by atoms with Gasteiger partial charge in [-0.25, -0.2) is 4.39 Å². The molecule has 2 atom stereocenters. The van der Waals surface area contributed by atoms with Crippen molar-refractivity contribution in [3.63, 3.8) is 0 Å². The third kappa shape index (κ3) is 6.63. The minimum absolute atomic E-state index is 0. The van der Waals surface area contributed by atoms with E-state index in [4.69, 9.17) is 10.00 Å². The predicted molar refractivity (Wildman–Crippen MR) is 129 cm³/mol. The molecule has 9 heteroatoms. The number of nitrogens with zero attached hydrogens (tertiary/aromatic N) is 3. The van der Waals surface area contributed by atoms with E-state index in [0.29, 0.717) is 23.6 Å². The van der Waals surface area contributed by atoms with Gasteiger partial charge < -0.3 is 15.4 Å². The van der Waals surface area contributed by atoms with E-state index in [-0.39, 0.29) is 48.5 Å². The number of benzene rings is 1. The number of halogens is 2. The first kappa shape index (κ1) is 24.5. The fourth-order valence-corrected chi connectivity index (χ4v) is 4.25. The van der Waals surface area contributed by atoms with Gasteiger partial charge in [-0.3, -0.25) is 9.89 Å². The Hall–Kier alpha value is -1.74. The Morgan fingerprint density at radius 3 is 2.93 bits per heavy atom. The molecular formula is C21H27FIN5OS. The standard InChI is InChI=1S/C21H26FN5OS.HI/c1-15-14-27(7-8-28-15)19(20-4-3-9-29-20)13-26-21(24-2)25-12-17-10-16(11-23)5-6-18(17)22;/h3-6,9-10,15,19H,7-8,12-14H2,1-2H3,(H2,24,25,26);1H. The first-order valence-corrected chi connectivity index (χ1v) is 10.5. The summed E-state index contributed by atoms with van der Waals surface area (Å²) in [6.45, 7) is 5.50. The van der Waals surface area contributed by atoms with Gasteiger partial charge in [0.1, 0.15) is 5.82 Å². The first-order chi connectivity index (χ1) is 14.1. The smallest absolute Gasteiger partial charge is 0.191 e. The SMILES string of the molecule is CN=C(NCc1cc(C#N)ccc1F)NCC(c1cccs1)N1CCOC(C)C1.I. The molecule has 2 aromatic rings. The van der Waals surface area contributed by atoms with Gasteiger partial charge in [-0.05, 0) is 36.6 Å². The van der Waals surface area contributed by atoms with Crippen LogP contribution in [-0.2, 0) is 11.3 Å². The zero-order valence-corrected chi connectivity index (χ0v) is 20.2. The summed E-state index contributed by atoms with van der Waals surface area (Å²) in [5.74, 6) is 0.250. The highest BCUT2D eigenvalue weighted by Crippen LogP contribution is 2.26. The lowest BCUT2D eigenvalue weighted by Gasteiger charge is -2.37. The molecule has 2 N–H and O–H groups in total. The molecule has 0 spiro atoms. The molecule has 162 valence electrons. The molecule has 2 heterocycles. The molecule has 1 aromatic carbocycles. The number of aliphatic imine (C=N–C) groups is 1. The zero-order chi connectivity index (χ0) is 20.6. The third-order valence-corrected chi connectivity index (χ3v) is 5.87. The minimum atomic E-state index is -0.342. The Morgan fingerprint density at radius 1 is 1.43 bits per heavy atom. The third-order valence-electron chi connectivity index (χ3n) is 4.89. The number of morpholine rings is 1. The van der Waals surface area contributed by atoms with Crippen LogP contribution in [0.1, 0.15) is 29.0 Å². The van der Waals surface area contributed by atoms with E-state index in [0.717, 1.165) is 19.7 Å².